The molecule has 0 bridgehead atoms. The number of nitrogens with one attached hydrogen (secondary N) is 2. The van der Waals surface area contributed by atoms with Gasteiger partial charge < -0.3 is 20.5 Å². The van der Waals surface area contributed by atoms with Crippen LogP contribution in [0.2, 0.25) is 0 Å². The summed E-state index contributed by atoms with van der Waals surface area (Å²) in [7, 11) is 0. The Kier molecular flexibility index (Phi) is 4.12. The van der Waals surface area contributed by atoms with Crippen molar-refractivity contribution in [2.45, 2.75) is 19.8 Å². The number of carbonyl (C=O) groups is 2. The summed E-state index contributed by atoms with van der Waals surface area (Å²) in [5.41, 5.74) is -0.123. The molecule has 0 unspecified atom stereocenters. The Bertz CT molecular complexity index is 494. The van der Waals surface area contributed by atoms with E-state index >= 15 is 0 Å². The van der Waals surface area contributed by atoms with Crippen LogP contribution in [0, 0.1) is 5.41 Å². The van der Waals surface area contributed by atoms with E-state index in [1.165, 1.54) is 0 Å². The zero-order valence-corrected chi connectivity index (χ0v) is 11.3. The highest BCUT2D eigenvalue weighted by molar-refractivity contribution is 5.90. The smallest absolute Gasteiger partial charge is 0.319 e. The summed E-state index contributed by atoms with van der Waals surface area (Å²) in [6, 6.07) is 6.59. The van der Waals surface area contributed by atoms with Gasteiger partial charge in [0.25, 0.3) is 0 Å². The average Bonchev–Trinajstić information content (AvgIpc) is 3.20. The summed E-state index contributed by atoms with van der Waals surface area (Å²) < 4.78 is 5.30. The number of amides is 2. The first kappa shape index (κ1) is 14.2. The van der Waals surface area contributed by atoms with E-state index in [0.29, 0.717) is 25.1 Å². The number of carbonyl (C=O) groups excluding carboxylic acids is 1. The summed E-state index contributed by atoms with van der Waals surface area (Å²) in [4.78, 5) is 22.6. The second kappa shape index (κ2) is 5.81. The van der Waals surface area contributed by atoms with Crippen molar-refractivity contribution in [3.8, 4) is 5.75 Å². The Balaban J connectivity index is 1.81. The molecule has 1 aliphatic carbocycles. The Labute approximate surface area is 117 Å². The minimum atomic E-state index is -0.848. The fourth-order valence-corrected chi connectivity index (χ4v) is 1.84. The van der Waals surface area contributed by atoms with Gasteiger partial charge in [0.2, 0.25) is 0 Å². The molecule has 6 heteroatoms. The highest BCUT2D eigenvalue weighted by Gasteiger charge is 2.50. The van der Waals surface area contributed by atoms with Crippen molar-refractivity contribution in [3.63, 3.8) is 0 Å². The van der Waals surface area contributed by atoms with Crippen molar-refractivity contribution < 1.29 is 19.4 Å². The zero-order chi connectivity index (χ0) is 14.6. The molecular weight excluding hydrogens is 260 g/mol. The van der Waals surface area contributed by atoms with Crippen LogP contribution in [0.5, 0.6) is 5.75 Å². The molecular formula is C14H18N2O4. The molecule has 2 amide bonds. The lowest BCUT2D eigenvalue weighted by atomic mass is 10.1. The number of anilines is 1. The van der Waals surface area contributed by atoms with Crippen molar-refractivity contribution in [3.05, 3.63) is 24.3 Å². The third-order valence-electron chi connectivity index (χ3n) is 3.32. The Morgan fingerprint density at radius 2 is 1.95 bits per heavy atom. The van der Waals surface area contributed by atoms with Gasteiger partial charge in [0.1, 0.15) is 5.75 Å². The van der Waals surface area contributed by atoms with E-state index in [-0.39, 0.29) is 6.54 Å². The molecule has 0 saturated heterocycles. The van der Waals surface area contributed by atoms with Gasteiger partial charge >= 0.3 is 12.0 Å². The van der Waals surface area contributed by atoms with E-state index in [9.17, 15) is 9.59 Å². The number of rotatable bonds is 6. The fraction of sp³-hybridized carbons (Fsp3) is 0.429. The molecule has 0 heterocycles. The second-order valence-electron chi connectivity index (χ2n) is 4.85. The molecule has 1 aliphatic rings. The summed E-state index contributed by atoms with van der Waals surface area (Å²) in [5, 5.41) is 14.2. The first-order chi connectivity index (χ1) is 9.55. The lowest BCUT2D eigenvalue weighted by molar-refractivity contribution is -0.143. The molecule has 108 valence electrons. The number of hydrogen-bond acceptors (Lipinski definition) is 3. The van der Waals surface area contributed by atoms with Gasteiger partial charge in [0.15, 0.2) is 0 Å². The van der Waals surface area contributed by atoms with Crippen LogP contribution in [0.3, 0.4) is 0 Å². The summed E-state index contributed by atoms with van der Waals surface area (Å²) in [6.07, 6.45) is 1.23. The van der Waals surface area contributed by atoms with E-state index in [4.69, 9.17) is 9.84 Å². The standard InChI is InChI=1S/C14H18N2O4/c1-2-20-11-5-3-10(4-6-11)16-13(19)15-9-14(7-8-14)12(17)18/h3-6H,2,7-9H2,1H3,(H,17,18)(H2,15,16,19). The number of urea groups is 1. The zero-order valence-electron chi connectivity index (χ0n) is 11.3. The molecule has 1 aromatic carbocycles. The maximum atomic E-state index is 11.7. The van der Waals surface area contributed by atoms with Crippen molar-refractivity contribution in [1.29, 1.82) is 0 Å². The van der Waals surface area contributed by atoms with Crippen LogP contribution in [0.4, 0.5) is 10.5 Å². The van der Waals surface area contributed by atoms with Crippen LogP contribution < -0.4 is 15.4 Å². The minimum absolute atomic E-state index is 0.158. The maximum Gasteiger partial charge on any atom is 0.319 e. The number of benzene rings is 1. The summed E-state index contributed by atoms with van der Waals surface area (Å²) in [5.74, 6) is -0.111. The lowest BCUT2D eigenvalue weighted by Gasteiger charge is -2.12. The molecule has 1 saturated carbocycles. The van der Waals surface area contributed by atoms with Crippen molar-refractivity contribution >= 4 is 17.7 Å². The second-order valence-corrected chi connectivity index (χ2v) is 4.85. The van der Waals surface area contributed by atoms with Gasteiger partial charge in [0.05, 0.1) is 12.0 Å². The van der Waals surface area contributed by atoms with E-state index in [2.05, 4.69) is 10.6 Å². The predicted molar refractivity (Wildman–Crippen MR) is 73.9 cm³/mol. The number of aliphatic carboxylic acids is 1. The van der Waals surface area contributed by atoms with Crippen LogP contribution in [0.1, 0.15) is 19.8 Å². The molecule has 0 radical (unpaired) electrons. The predicted octanol–water partition coefficient (Wildman–Crippen LogP) is 2.07. The van der Waals surface area contributed by atoms with Gasteiger partial charge in [-0.3, -0.25) is 4.79 Å². The molecule has 1 aromatic rings. The van der Waals surface area contributed by atoms with Crippen molar-refractivity contribution in [2.24, 2.45) is 5.41 Å². The van der Waals surface area contributed by atoms with Crippen LogP contribution >= 0.6 is 0 Å². The summed E-state index contributed by atoms with van der Waals surface area (Å²) >= 11 is 0. The van der Waals surface area contributed by atoms with E-state index in [1.54, 1.807) is 24.3 Å². The molecule has 3 N–H and O–H groups in total. The largest absolute Gasteiger partial charge is 0.494 e. The van der Waals surface area contributed by atoms with E-state index in [1.807, 2.05) is 6.92 Å². The minimum Gasteiger partial charge on any atom is -0.494 e. The molecule has 0 spiro atoms. The topological polar surface area (TPSA) is 87.7 Å². The molecule has 1 fully saturated rings. The summed E-state index contributed by atoms with van der Waals surface area (Å²) in [6.45, 7) is 2.64. The number of ether oxygens (including phenoxy) is 1. The third kappa shape index (κ3) is 3.40. The molecule has 20 heavy (non-hydrogen) atoms. The van der Waals surface area contributed by atoms with E-state index in [0.717, 1.165) is 5.75 Å². The van der Waals surface area contributed by atoms with Crippen LogP contribution in [-0.2, 0) is 4.79 Å². The first-order valence-corrected chi connectivity index (χ1v) is 6.57. The van der Waals surface area contributed by atoms with Gasteiger partial charge in [-0.25, -0.2) is 4.79 Å². The molecule has 2 rings (SSSR count). The van der Waals surface area contributed by atoms with Crippen LogP contribution in [0.15, 0.2) is 24.3 Å². The van der Waals surface area contributed by atoms with Gasteiger partial charge in [-0.1, -0.05) is 0 Å². The van der Waals surface area contributed by atoms with Gasteiger partial charge in [-0.2, -0.15) is 0 Å². The Morgan fingerprint density at radius 3 is 2.45 bits per heavy atom. The Morgan fingerprint density at radius 1 is 1.30 bits per heavy atom. The third-order valence-corrected chi connectivity index (χ3v) is 3.32. The number of carboxylic acids is 1. The van der Waals surface area contributed by atoms with E-state index < -0.39 is 17.4 Å². The van der Waals surface area contributed by atoms with Gasteiger partial charge in [-0.15, -0.1) is 0 Å². The maximum absolute atomic E-state index is 11.7. The van der Waals surface area contributed by atoms with Gasteiger partial charge in [-0.05, 0) is 44.0 Å². The fourth-order valence-electron chi connectivity index (χ4n) is 1.84. The molecule has 0 aliphatic heterocycles. The molecule has 0 aromatic heterocycles. The Hall–Kier alpha value is -2.24. The average molecular weight is 278 g/mol. The highest BCUT2D eigenvalue weighted by Crippen LogP contribution is 2.45. The lowest BCUT2D eigenvalue weighted by Crippen LogP contribution is -2.36. The number of hydrogen-bond donors (Lipinski definition) is 3. The van der Waals surface area contributed by atoms with Crippen LogP contribution in [-0.4, -0.2) is 30.3 Å². The van der Waals surface area contributed by atoms with Crippen molar-refractivity contribution in [1.82, 2.24) is 5.32 Å². The molecule has 6 nitrogen and oxygen atoms in total. The highest BCUT2D eigenvalue weighted by atomic mass is 16.5. The monoisotopic (exact) mass is 278 g/mol. The normalized spacial score (nSPS) is 15.2. The van der Waals surface area contributed by atoms with Crippen molar-refractivity contribution in [2.75, 3.05) is 18.5 Å². The first-order valence-electron chi connectivity index (χ1n) is 6.57. The molecule has 0 atom stereocenters. The number of carboxylic acid groups (broad SMARTS) is 1. The SMILES string of the molecule is CCOc1ccc(NC(=O)NCC2(C(=O)O)CC2)cc1. The van der Waals surface area contributed by atoms with Gasteiger partial charge in [0, 0.05) is 12.2 Å². The van der Waals surface area contributed by atoms with Crippen LogP contribution in [0.25, 0.3) is 0 Å². The quantitative estimate of drug-likeness (QED) is 0.743.